The average Bonchev–Trinajstić information content (AvgIpc) is 2.78. The Morgan fingerprint density at radius 1 is 1.37 bits per heavy atom. The minimum absolute atomic E-state index is 0.135. The summed E-state index contributed by atoms with van der Waals surface area (Å²) < 4.78 is 1.72. The predicted molar refractivity (Wildman–Crippen MR) is 75.0 cm³/mol. The molecule has 0 bridgehead atoms. The third kappa shape index (κ3) is 4.08. The van der Waals surface area contributed by atoms with Crippen molar-refractivity contribution in [1.29, 1.82) is 0 Å². The van der Waals surface area contributed by atoms with Gasteiger partial charge in [0.05, 0.1) is 22.9 Å². The highest BCUT2D eigenvalue weighted by molar-refractivity contribution is 6.33. The quantitative estimate of drug-likeness (QED) is 0.877. The molecule has 0 fully saturated rings. The second kappa shape index (κ2) is 6.36. The van der Waals surface area contributed by atoms with Crippen LogP contribution in [0.4, 0.5) is 5.69 Å². The third-order valence-electron chi connectivity index (χ3n) is 2.51. The van der Waals surface area contributed by atoms with Crippen molar-refractivity contribution >= 4 is 23.2 Å². The zero-order chi connectivity index (χ0) is 13.7. The zero-order valence-electron chi connectivity index (χ0n) is 10.6. The van der Waals surface area contributed by atoms with E-state index in [1.54, 1.807) is 16.8 Å². The maximum absolute atomic E-state index is 11.7. The molecule has 0 atom stereocenters. The first kappa shape index (κ1) is 13.6. The molecule has 1 aromatic heterocycles. The number of halogens is 1. The van der Waals surface area contributed by atoms with Gasteiger partial charge in [-0.05, 0) is 18.2 Å². The number of aryl methyl sites for hydroxylation is 1. The molecule has 0 aliphatic carbocycles. The molecule has 5 nitrogen and oxygen atoms in total. The summed E-state index contributed by atoms with van der Waals surface area (Å²) in [6.45, 7) is 0.762. The van der Waals surface area contributed by atoms with Crippen molar-refractivity contribution in [2.75, 3.05) is 11.9 Å². The number of para-hydroxylation sites is 1. The van der Waals surface area contributed by atoms with Crippen molar-refractivity contribution in [3.8, 4) is 0 Å². The van der Waals surface area contributed by atoms with Gasteiger partial charge in [0.15, 0.2) is 0 Å². The Hall–Kier alpha value is -1.85. The van der Waals surface area contributed by atoms with Gasteiger partial charge in [-0.15, -0.1) is 0 Å². The predicted octanol–water partition coefficient (Wildman–Crippen LogP) is 1.80. The monoisotopic (exact) mass is 278 g/mol. The lowest BCUT2D eigenvalue weighted by molar-refractivity contribution is -0.115. The van der Waals surface area contributed by atoms with Gasteiger partial charge in [-0.3, -0.25) is 9.48 Å². The topological polar surface area (TPSA) is 59.0 Å². The van der Waals surface area contributed by atoms with Gasteiger partial charge in [-0.2, -0.15) is 5.10 Å². The van der Waals surface area contributed by atoms with Crippen LogP contribution < -0.4 is 10.6 Å². The van der Waals surface area contributed by atoms with Gasteiger partial charge in [-0.25, -0.2) is 0 Å². The van der Waals surface area contributed by atoms with E-state index in [4.69, 9.17) is 11.6 Å². The Morgan fingerprint density at radius 2 is 2.16 bits per heavy atom. The molecule has 0 aliphatic rings. The Morgan fingerprint density at radius 3 is 2.84 bits per heavy atom. The SMILES string of the molecule is Cn1ccc(CNCC(=O)Nc2ccccc2Cl)n1. The van der Waals surface area contributed by atoms with Gasteiger partial charge in [0.2, 0.25) is 5.91 Å². The Bertz CT molecular complexity index is 567. The van der Waals surface area contributed by atoms with E-state index in [1.165, 1.54) is 0 Å². The van der Waals surface area contributed by atoms with Crippen LogP contribution in [0.2, 0.25) is 5.02 Å². The Kier molecular flexibility index (Phi) is 4.54. The van der Waals surface area contributed by atoms with Crippen molar-refractivity contribution in [2.24, 2.45) is 7.05 Å². The summed E-state index contributed by atoms with van der Waals surface area (Å²) in [5.41, 5.74) is 1.52. The fourth-order valence-electron chi connectivity index (χ4n) is 1.62. The van der Waals surface area contributed by atoms with Gasteiger partial charge in [0, 0.05) is 19.8 Å². The van der Waals surface area contributed by atoms with Crippen molar-refractivity contribution in [3.63, 3.8) is 0 Å². The number of amides is 1. The minimum atomic E-state index is -0.135. The molecular formula is C13H15ClN4O. The Balaban J connectivity index is 1.77. The van der Waals surface area contributed by atoms with Crippen molar-refractivity contribution < 1.29 is 4.79 Å². The smallest absolute Gasteiger partial charge is 0.238 e. The van der Waals surface area contributed by atoms with E-state index in [0.29, 0.717) is 17.3 Å². The summed E-state index contributed by atoms with van der Waals surface area (Å²) in [5.74, 6) is -0.135. The maximum Gasteiger partial charge on any atom is 0.238 e. The van der Waals surface area contributed by atoms with Crippen LogP contribution in [0.25, 0.3) is 0 Å². The third-order valence-corrected chi connectivity index (χ3v) is 2.84. The molecule has 0 aliphatic heterocycles. The van der Waals surface area contributed by atoms with E-state index >= 15 is 0 Å². The number of carbonyl (C=O) groups is 1. The van der Waals surface area contributed by atoms with E-state index in [1.807, 2.05) is 31.4 Å². The first-order chi connectivity index (χ1) is 9.15. The van der Waals surface area contributed by atoms with Crippen molar-refractivity contribution in [1.82, 2.24) is 15.1 Å². The van der Waals surface area contributed by atoms with Crippen LogP contribution in [0, 0.1) is 0 Å². The van der Waals surface area contributed by atoms with Gasteiger partial charge in [0.25, 0.3) is 0 Å². The second-order valence-corrected chi connectivity index (χ2v) is 4.52. The number of rotatable bonds is 5. The molecule has 0 saturated carbocycles. The molecule has 0 saturated heterocycles. The lowest BCUT2D eigenvalue weighted by Gasteiger charge is -2.07. The lowest BCUT2D eigenvalue weighted by atomic mass is 10.3. The number of nitrogens with one attached hydrogen (secondary N) is 2. The molecular weight excluding hydrogens is 264 g/mol. The Labute approximate surface area is 116 Å². The largest absolute Gasteiger partial charge is 0.324 e. The van der Waals surface area contributed by atoms with Crippen LogP contribution in [-0.2, 0) is 18.4 Å². The number of benzene rings is 1. The van der Waals surface area contributed by atoms with E-state index in [-0.39, 0.29) is 12.5 Å². The fraction of sp³-hybridized carbons (Fsp3) is 0.231. The first-order valence-corrected chi connectivity index (χ1v) is 6.26. The van der Waals surface area contributed by atoms with Crippen molar-refractivity contribution in [3.05, 3.63) is 47.2 Å². The van der Waals surface area contributed by atoms with E-state index in [2.05, 4.69) is 15.7 Å². The number of hydrogen-bond donors (Lipinski definition) is 2. The van der Waals surface area contributed by atoms with Crippen LogP contribution in [0.3, 0.4) is 0 Å². The molecule has 19 heavy (non-hydrogen) atoms. The molecule has 0 spiro atoms. The number of aromatic nitrogens is 2. The maximum atomic E-state index is 11.7. The number of anilines is 1. The molecule has 2 aromatic rings. The standard InChI is InChI=1S/C13H15ClN4O/c1-18-7-6-10(17-18)8-15-9-13(19)16-12-5-3-2-4-11(12)14/h2-7,15H,8-9H2,1H3,(H,16,19). The van der Waals surface area contributed by atoms with E-state index in [9.17, 15) is 4.79 Å². The van der Waals surface area contributed by atoms with Crippen LogP contribution in [0.15, 0.2) is 36.5 Å². The van der Waals surface area contributed by atoms with Crippen LogP contribution in [-0.4, -0.2) is 22.2 Å². The summed E-state index contributed by atoms with van der Waals surface area (Å²) in [7, 11) is 1.85. The molecule has 2 N–H and O–H groups in total. The molecule has 1 heterocycles. The molecule has 1 aromatic carbocycles. The van der Waals surface area contributed by atoms with Crippen molar-refractivity contribution in [2.45, 2.75) is 6.54 Å². The number of nitrogens with zero attached hydrogens (tertiary/aromatic N) is 2. The minimum Gasteiger partial charge on any atom is -0.324 e. The number of carbonyl (C=O) groups excluding carboxylic acids is 1. The average molecular weight is 279 g/mol. The molecule has 2 rings (SSSR count). The van der Waals surface area contributed by atoms with E-state index < -0.39 is 0 Å². The van der Waals surface area contributed by atoms with Crippen LogP contribution >= 0.6 is 11.6 Å². The molecule has 0 unspecified atom stereocenters. The zero-order valence-corrected chi connectivity index (χ0v) is 11.3. The summed E-state index contributed by atoms with van der Waals surface area (Å²) in [6, 6.07) is 9.04. The highest BCUT2D eigenvalue weighted by Gasteiger charge is 2.05. The van der Waals surface area contributed by atoms with Gasteiger partial charge >= 0.3 is 0 Å². The van der Waals surface area contributed by atoms with Gasteiger partial charge in [0.1, 0.15) is 0 Å². The molecule has 6 heteroatoms. The van der Waals surface area contributed by atoms with Gasteiger partial charge < -0.3 is 10.6 Å². The summed E-state index contributed by atoms with van der Waals surface area (Å²) in [6.07, 6.45) is 1.86. The molecule has 0 radical (unpaired) electrons. The second-order valence-electron chi connectivity index (χ2n) is 4.11. The highest BCUT2D eigenvalue weighted by Crippen LogP contribution is 2.19. The molecule has 1 amide bonds. The first-order valence-electron chi connectivity index (χ1n) is 5.89. The van der Waals surface area contributed by atoms with Gasteiger partial charge in [-0.1, -0.05) is 23.7 Å². The van der Waals surface area contributed by atoms with Crippen LogP contribution in [0.1, 0.15) is 5.69 Å². The molecule has 100 valence electrons. The van der Waals surface area contributed by atoms with Crippen LogP contribution in [0.5, 0.6) is 0 Å². The highest BCUT2D eigenvalue weighted by atomic mass is 35.5. The lowest BCUT2D eigenvalue weighted by Crippen LogP contribution is -2.28. The number of hydrogen-bond acceptors (Lipinski definition) is 3. The fourth-order valence-corrected chi connectivity index (χ4v) is 1.80. The summed E-state index contributed by atoms with van der Waals surface area (Å²) in [4.78, 5) is 11.7. The van der Waals surface area contributed by atoms with E-state index in [0.717, 1.165) is 5.69 Å². The normalized spacial score (nSPS) is 10.4. The summed E-state index contributed by atoms with van der Waals surface area (Å²) >= 11 is 5.95. The summed E-state index contributed by atoms with van der Waals surface area (Å²) in [5, 5.41) is 10.5.